The molecular weight excluding hydrogens is 374 g/mol. The molecule has 28 heavy (non-hydrogen) atoms. The number of halogens is 1. The maximum absolute atomic E-state index is 12.9. The van der Waals surface area contributed by atoms with Crippen LogP contribution in [0.3, 0.4) is 0 Å². The molecule has 2 saturated heterocycles. The second-order valence-corrected chi connectivity index (χ2v) is 7.88. The first-order chi connectivity index (χ1) is 13.6. The fourth-order valence-electron chi connectivity index (χ4n) is 4.21. The van der Waals surface area contributed by atoms with Gasteiger partial charge in [-0.2, -0.15) is 0 Å². The SMILES string of the molecule is O=C1C[C@@H]([NH+]2CCN(c3ccccc3Cl)CC2)C(=O)N1CCc1ccccc1. The molecule has 2 aromatic carbocycles. The first kappa shape index (κ1) is 19.0. The third-order valence-electron chi connectivity index (χ3n) is 5.80. The molecule has 5 nitrogen and oxygen atoms in total. The van der Waals surface area contributed by atoms with Crippen molar-refractivity contribution in [1.29, 1.82) is 0 Å². The van der Waals surface area contributed by atoms with E-state index < -0.39 is 0 Å². The van der Waals surface area contributed by atoms with Gasteiger partial charge in [-0.3, -0.25) is 14.5 Å². The molecule has 0 aliphatic carbocycles. The van der Waals surface area contributed by atoms with E-state index in [1.54, 1.807) is 0 Å². The van der Waals surface area contributed by atoms with Crippen molar-refractivity contribution in [3.8, 4) is 0 Å². The lowest BCUT2D eigenvalue weighted by molar-refractivity contribution is -0.915. The van der Waals surface area contributed by atoms with E-state index in [0.29, 0.717) is 19.4 Å². The van der Waals surface area contributed by atoms with E-state index in [9.17, 15) is 9.59 Å². The number of anilines is 1. The molecule has 2 aromatic rings. The summed E-state index contributed by atoms with van der Waals surface area (Å²) in [7, 11) is 0. The lowest BCUT2D eigenvalue weighted by Crippen LogP contribution is -3.19. The third kappa shape index (κ3) is 3.91. The Balaban J connectivity index is 1.35. The predicted molar refractivity (Wildman–Crippen MR) is 110 cm³/mol. The minimum absolute atomic E-state index is 0.0119. The maximum atomic E-state index is 12.9. The summed E-state index contributed by atoms with van der Waals surface area (Å²) in [5.74, 6) is -0.0471. The molecule has 1 N–H and O–H groups in total. The van der Waals surface area contributed by atoms with Gasteiger partial charge in [0.05, 0.1) is 43.3 Å². The number of hydrogen-bond acceptors (Lipinski definition) is 3. The number of piperazine rings is 1. The van der Waals surface area contributed by atoms with E-state index in [-0.39, 0.29) is 17.9 Å². The summed E-state index contributed by atoms with van der Waals surface area (Å²) in [5.41, 5.74) is 2.19. The number of amides is 2. The zero-order valence-corrected chi connectivity index (χ0v) is 16.6. The van der Waals surface area contributed by atoms with Crippen molar-refractivity contribution < 1.29 is 14.5 Å². The molecule has 0 spiro atoms. The Morgan fingerprint density at radius 2 is 1.64 bits per heavy atom. The van der Waals surface area contributed by atoms with Crippen LogP contribution in [0.5, 0.6) is 0 Å². The molecule has 0 aromatic heterocycles. The molecule has 146 valence electrons. The molecule has 6 heteroatoms. The van der Waals surface area contributed by atoms with Crippen LogP contribution >= 0.6 is 11.6 Å². The largest absolute Gasteiger partial charge is 0.359 e. The summed E-state index contributed by atoms with van der Waals surface area (Å²) in [4.78, 5) is 30.3. The van der Waals surface area contributed by atoms with Crippen molar-refractivity contribution in [2.45, 2.75) is 18.9 Å². The third-order valence-corrected chi connectivity index (χ3v) is 6.12. The fourth-order valence-corrected chi connectivity index (χ4v) is 4.47. The first-order valence-corrected chi connectivity index (χ1v) is 10.2. The Labute approximate surface area is 170 Å². The van der Waals surface area contributed by atoms with Crippen molar-refractivity contribution in [3.63, 3.8) is 0 Å². The Hall–Kier alpha value is -2.37. The predicted octanol–water partition coefficient (Wildman–Crippen LogP) is 1.42. The van der Waals surface area contributed by atoms with E-state index in [1.807, 2.05) is 54.6 Å². The number of para-hydroxylation sites is 1. The first-order valence-electron chi connectivity index (χ1n) is 9.85. The molecule has 0 radical (unpaired) electrons. The lowest BCUT2D eigenvalue weighted by Gasteiger charge is -2.36. The molecule has 4 rings (SSSR count). The Kier molecular flexibility index (Phi) is 5.64. The number of carbonyl (C=O) groups is 2. The number of quaternary nitrogens is 1. The van der Waals surface area contributed by atoms with Gasteiger partial charge >= 0.3 is 0 Å². The topological polar surface area (TPSA) is 45.1 Å². The molecular formula is C22H25ClN3O2+. The van der Waals surface area contributed by atoms with Crippen LogP contribution in [-0.2, 0) is 16.0 Å². The number of nitrogens with one attached hydrogen (secondary N) is 1. The van der Waals surface area contributed by atoms with Gasteiger partial charge in [-0.15, -0.1) is 0 Å². The molecule has 2 aliphatic rings. The van der Waals surface area contributed by atoms with Gasteiger partial charge in [-0.1, -0.05) is 54.1 Å². The zero-order chi connectivity index (χ0) is 19.5. The van der Waals surface area contributed by atoms with Crippen LogP contribution in [-0.4, -0.2) is 55.5 Å². The Morgan fingerprint density at radius 1 is 0.964 bits per heavy atom. The summed E-state index contributed by atoms with van der Waals surface area (Å²) >= 11 is 6.31. The van der Waals surface area contributed by atoms with E-state index in [4.69, 9.17) is 11.6 Å². The van der Waals surface area contributed by atoms with Gasteiger partial charge in [-0.05, 0) is 24.1 Å². The van der Waals surface area contributed by atoms with Crippen LogP contribution in [0.4, 0.5) is 5.69 Å². The van der Waals surface area contributed by atoms with Gasteiger partial charge in [0, 0.05) is 6.54 Å². The second kappa shape index (κ2) is 8.33. The highest BCUT2D eigenvalue weighted by Crippen LogP contribution is 2.25. The van der Waals surface area contributed by atoms with E-state index in [1.165, 1.54) is 9.80 Å². The quantitative estimate of drug-likeness (QED) is 0.775. The average Bonchev–Trinajstić information content (AvgIpc) is 3.01. The smallest absolute Gasteiger partial charge is 0.288 e. The van der Waals surface area contributed by atoms with Crippen molar-refractivity contribution in [2.24, 2.45) is 0 Å². The van der Waals surface area contributed by atoms with Gasteiger partial charge in [0.2, 0.25) is 5.91 Å². The van der Waals surface area contributed by atoms with Crippen molar-refractivity contribution in [3.05, 3.63) is 65.2 Å². The summed E-state index contributed by atoms with van der Waals surface area (Å²) in [6, 6.07) is 17.6. The van der Waals surface area contributed by atoms with Gasteiger partial charge in [0.1, 0.15) is 0 Å². The molecule has 2 amide bonds. The second-order valence-electron chi connectivity index (χ2n) is 7.47. The van der Waals surface area contributed by atoms with Crippen molar-refractivity contribution in [2.75, 3.05) is 37.6 Å². The minimum atomic E-state index is -0.239. The Morgan fingerprint density at radius 3 is 2.36 bits per heavy atom. The normalized spacial score (nSPS) is 20.8. The number of imide groups is 1. The molecule has 0 unspecified atom stereocenters. The highest BCUT2D eigenvalue weighted by atomic mass is 35.5. The van der Waals surface area contributed by atoms with Gasteiger partial charge in [0.25, 0.3) is 5.91 Å². The van der Waals surface area contributed by atoms with Crippen molar-refractivity contribution in [1.82, 2.24) is 4.90 Å². The maximum Gasteiger partial charge on any atom is 0.288 e. The van der Waals surface area contributed by atoms with E-state index in [0.717, 1.165) is 42.5 Å². The van der Waals surface area contributed by atoms with Crippen LogP contribution in [0, 0.1) is 0 Å². The van der Waals surface area contributed by atoms with Crippen molar-refractivity contribution >= 4 is 29.1 Å². The molecule has 2 aliphatic heterocycles. The number of carbonyl (C=O) groups excluding carboxylic acids is 2. The van der Waals surface area contributed by atoms with Crippen LogP contribution in [0.1, 0.15) is 12.0 Å². The van der Waals surface area contributed by atoms with Crippen LogP contribution in [0.2, 0.25) is 5.02 Å². The zero-order valence-electron chi connectivity index (χ0n) is 15.8. The Bertz CT molecular complexity index is 850. The number of likely N-dealkylation sites (tertiary alicyclic amines) is 1. The summed E-state index contributed by atoms with van der Waals surface area (Å²) in [6.07, 6.45) is 1.04. The lowest BCUT2D eigenvalue weighted by atomic mass is 10.1. The summed E-state index contributed by atoms with van der Waals surface area (Å²) in [6.45, 7) is 3.81. The molecule has 1 atom stereocenters. The van der Waals surface area contributed by atoms with Gasteiger partial charge < -0.3 is 9.80 Å². The van der Waals surface area contributed by atoms with Gasteiger partial charge in [0.15, 0.2) is 6.04 Å². The fraction of sp³-hybridized carbons (Fsp3) is 0.364. The molecule has 2 heterocycles. The van der Waals surface area contributed by atoms with Gasteiger partial charge in [-0.25, -0.2) is 0 Å². The average molecular weight is 399 g/mol. The summed E-state index contributed by atoms with van der Waals surface area (Å²) in [5, 5.41) is 0.755. The number of nitrogens with zero attached hydrogens (tertiary/aromatic N) is 2. The standard InChI is InChI=1S/C22H24ClN3O2/c23-18-8-4-5-9-19(18)24-12-14-25(15-13-24)20-16-21(27)26(22(20)28)11-10-17-6-2-1-3-7-17/h1-9,20H,10-16H2/p+1/t20-/m1/s1. The minimum Gasteiger partial charge on any atom is -0.359 e. The molecule has 0 bridgehead atoms. The summed E-state index contributed by atoms with van der Waals surface area (Å²) < 4.78 is 0. The molecule has 0 saturated carbocycles. The number of hydrogen-bond donors (Lipinski definition) is 1. The van der Waals surface area contributed by atoms with Crippen LogP contribution in [0.15, 0.2) is 54.6 Å². The number of rotatable bonds is 5. The van der Waals surface area contributed by atoms with Crippen LogP contribution in [0.25, 0.3) is 0 Å². The van der Waals surface area contributed by atoms with E-state index >= 15 is 0 Å². The highest BCUT2D eigenvalue weighted by Gasteiger charge is 2.45. The van der Waals surface area contributed by atoms with Crippen LogP contribution < -0.4 is 9.80 Å². The monoisotopic (exact) mass is 398 g/mol. The number of benzene rings is 2. The molecule has 2 fully saturated rings. The highest BCUT2D eigenvalue weighted by molar-refractivity contribution is 6.33. The van der Waals surface area contributed by atoms with E-state index in [2.05, 4.69) is 4.90 Å².